The number of hydrogen-bond donors (Lipinski definition) is 0. The summed E-state index contributed by atoms with van der Waals surface area (Å²) in [6.45, 7) is 7.26. The smallest absolute Gasteiger partial charge is 0.129 e. The Morgan fingerprint density at radius 2 is 1.93 bits per heavy atom. The van der Waals surface area contributed by atoms with Crippen LogP contribution in [0.5, 0.6) is 0 Å². The maximum absolute atomic E-state index is 13.8. The van der Waals surface area contributed by atoms with Crippen molar-refractivity contribution in [3.63, 3.8) is 0 Å². The highest BCUT2D eigenvalue weighted by molar-refractivity contribution is 7.11. The van der Waals surface area contributed by atoms with Crippen LogP contribution in [0.15, 0.2) is 42.6 Å². The van der Waals surface area contributed by atoms with Crippen molar-refractivity contribution in [2.45, 2.75) is 38.4 Å². The van der Waals surface area contributed by atoms with Gasteiger partial charge < -0.3 is 4.57 Å². The van der Waals surface area contributed by atoms with E-state index in [1.54, 1.807) is 12.1 Å². The molecule has 0 radical (unpaired) electrons. The molecule has 6 heteroatoms. The number of fused-ring (bicyclic) bond motifs is 2. The van der Waals surface area contributed by atoms with Crippen LogP contribution in [0.25, 0.3) is 11.3 Å². The van der Waals surface area contributed by atoms with Gasteiger partial charge in [-0.25, -0.2) is 9.37 Å². The zero-order chi connectivity index (χ0) is 20.0. The van der Waals surface area contributed by atoms with E-state index in [0.29, 0.717) is 0 Å². The third-order valence-corrected chi connectivity index (χ3v) is 7.63. The fraction of sp³-hybridized carbons (Fsp3) is 0.435. The monoisotopic (exact) mass is 410 g/mol. The van der Waals surface area contributed by atoms with Crippen molar-refractivity contribution in [3.05, 3.63) is 64.0 Å². The highest BCUT2D eigenvalue weighted by Gasteiger charge is 2.45. The number of halogens is 1. The summed E-state index contributed by atoms with van der Waals surface area (Å²) in [6.07, 6.45) is 4.09. The van der Waals surface area contributed by atoms with Gasteiger partial charge in [-0.1, -0.05) is 12.1 Å². The summed E-state index contributed by atoms with van der Waals surface area (Å²) in [4.78, 5) is 12.8. The molecule has 5 rings (SSSR count). The van der Waals surface area contributed by atoms with Crippen molar-refractivity contribution < 1.29 is 4.39 Å². The molecule has 1 aromatic carbocycles. The highest BCUT2D eigenvalue weighted by Crippen LogP contribution is 2.42. The van der Waals surface area contributed by atoms with Crippen LogP contribution in [-0.4, -0.2) is 46.0 Å². The van der Waals surface area contributed by atoms with E-state index < -0.39 is 0 Å². The summed E-state index contributed by atoms with van der Waals surface area (Å²) >= 11 is 1.90. The minimum absolute atomic E-state index is 0.0221. The predicted molar refractivity (Wildman–Crippen MR) is 115 cm³/mol. The lowest BCUT2D eigenvalue weighted by atomic mass is 9.83. The Hall–Kier alpha value is -2.02. The molecule has 152 valence electrons. The number of rotatable bonds is 3. The van der Waals surface area contributed by atoms with E-state index in [-0.39, 0.29) is 11.4 Å². The summed E-state index contributed by atoms with van der Waals surface area (Å²) in [5.74, 6) is 0.954. The molecule has 4 heterocycles. The van der Waals surface area contributed by atoms with Gasteiger partial charge >= 0.3 is 0 Å². The number of likely N-dealkylation sites (tertiary alicyclic amines) is 1. The number of imidazole rings is 1. The minimum Gasteiger partial charge on any atom is -0.325 e. The Kier molecular flexibility index (Phi) is 4.81. The van der Waals surface area contributed by atoms with Crippen molar-refractivity contribution in [3.8, 4) is 11.3 Å². The third-order valence-electron chi connectivity index (χ3n) is 6.64. The van der Waals surface area contributed by atoms with E-state index in [1.807, 2.05) is 23.6 Å². The van der Waals surface area contributed by atoms with Gasteiger partial charge in [0.05, 0.1) is 17.4 Å². The van der Waals surface area contributed by atoms with Gasteiger partial charge in [0.1, 0.15) is 11.6 Å². The van der Waals surface area contributed by atoms with Gasteiger partial charge in [0.2, 0.25) is 0 Å². The van der Waals surface area contributed by atoms with Crippen LogP contribution in [0.1, 0.15) is 28.4 Å². The second-order valence-electron chi connectivity index (χ2n) is 8.37. The fourth-order valence-electron chi connectivity index (χ4n) is 4.96. The fourth-order valence-corrected chi connectivity index (χ4v) is 5.90. The Balaban J connectivity index is 1.41. The van der Waals surface area contributed by atoms with E-state index in [4.69, 9.17) is 4.98 Å². The number of aryl methyl sites for hydroxylation is 1. The van der Waals surface area contributed by atoms with Gasteiger partial charge in [0, 0.05) is 48.0 Å². The molecular formula is C23H27FN4S. The normalized spacial score (nSPS) is 19.6. The van der Waals surface area contributed by atoms with Gasteiger partial charge in [0.15, 0.2) is 0 Å². The SMILES string of the molecule is Cc1ccc(CN2CCC3(CC2)c2ncc(-c4cccc(F)c4)n2CCN3C)s1. The maximum atomic E-state index is 13.8. The number of aromatic nitrogens is 2. The van der Waals surface area contributed by atoms with Crippen molar-refractivity contribution >= 4 is 11.3 Å². The maximum Gasteiger partial charge on any atom is 0.129 e. The van der Waals surface area contributed by atoms with E-state index in [2.05, 4.69) is 40.5 Å². The molecule has 2 aromatic heterocycles. The minimum atomic E-state index is -0.196. The predicted octanol–water partition coefficient (Wildman–Crippen LogP) is 4.50. The average molecular weight is 411 g/mol. The number of likely N-dealkylation sites (N-methyl/N-ethyl adjacent to an activating group) is 1. The Bertz CT molecular complexity index is 1020. The van der Waals surface area contributed by atoms with E-state index in [0.717, 1.165) is 62.6 Å². The van der Waals surface area contributed by atoms with Gasteiger partial charge in [-0.3, -0.25) is 9.80 Å². The van der Waals surface area contributed by atoms with Crippen LogP contribution < -0.4 is 0 Å². The van der Waals surface area contributed by atoms with Crippen LogP contribution in [0, 0.1) is 12.7 Å². The van der Waals surface area contributed by atoms with Crippen molar-refractivity contribution in [2.24, 2.45) is 0 Å². The summed E-state index contributed by atoms with van der Waals surface area (Å²) in [7, 11) is 2.23. The zero-order valence-electron chi connectivity index (χ0n) is 17.1. The molecule has 1 fully saturated rings. The first-order valence-corrected chi connectivity index (χ1v) is 11.2. The molecule has 29 heavy (non-hydrogen) atoms. The first-order valence-electron chi connectivity index (χ1n) is 10.4. The standard InChI is InChI=1S/C23H27FN4S/c1-17-6-7-20(29-17)16-27-10-8-23(9-11-27)22-25-15-21(28(22)13-12-26(23)2)18-4-3-5-19(24)14-18/h3-7,14-15H,8-13,16H2,1-2H3. The molecule has 1 saturated heterocycles. The molecule has 3 aromatic rings. The van der Waals surface area contributed by atoms with Crippen molar-refractivity contribution in [1.29, 1.82) is 0 Å². The second kappa shape index (κ2) is 7.35. The molecule has 0 saturated carbocycles. The number of benzene rings is 1. The Morgan fingerprint density at radius 3 is 2.66 bits per heavy atom. The first kappa shape index (κ1) is 19.0. The van der Waals surface area contributed by atoms with E-state index in [1.165, 1.54) is 15.8 Å². The van der Waals surface area contributed by atoms with Gasteiger partial charge in [-0.15, -0.1) is 11.3 Å². The Labute approximate surface area is 175 Å². The summed E-state index contributed by atoms with van der Waals surface area (Å²) < 4.78 is 16.1. The lowest BCUT2D eigenvalue weighted by Crippen LogP contribution is -2.56. The molecule has 0 unspecified atom stereocenters. The van der Waals surface area contributed by atoms with Crippen LogP contribution in [0.3, 0.4) is 0 Å². The summed E-state index contributed by atoms with van der Waals surface area (Å²) in [6, 6.07) is 11.3. The molecule has 0 N–H and O–H groups in total. The molecule has 1 spiro atoms. The third kappa shape index (κ3) is 3.33. The molecule has 2 aliphatic heterocycles. The Morgan fingerprint density at radius 1 is 1.10 bits per heavy atom. The van der Waals surface area contributed by atoms with Crippen LogP contribution in [-0.2, 0) is 18.6 Å². The summed E-state index contributed by atoms with van der Waals surface area (Å²) in [5.41, 5.74) is 1.92. The zero-order valence-corrected chi connectivity index (χ0v) is 17.9. The second-order valence-corrected chi connectivity index (χ2v) is 9.74. The largest absolute Gasteiger partial charge is 0.325 e. The van der Waals surface area contributed by atoms with Gasteiger partial charge in [-0.05, 0) is 51.1 Å². The van der Waals surface area contributed by atoms with Crippen LogP contribution >= 0.6 is 11.3 Å². The van der Waals surface area contributed by atoms with E-state index >= 15 is 0 Å². The lowest BCUT2D eigenvalue weighted by Gasteiger charge is -2.49. The van der Waals surface area contributed by atoms with Gasteiger partial charge in [-0.2, -0.15) is 0 Å². The average Bonchev–Trinajstić information content (AvgIpc) is 3.33. The quantitative estimate of drug-likeness (QED) is 0.636. The summed E-state index contributed by atoms with van der Waals surface area (Å²) in [5, 5.41) is 0. The topological polar surface area (TPSA) is 24.3 Å². The molecule has 2 aliphatic rings. The van der Waals surface area contributed by atoms with Gasteiger partial charge in [0.25, 0.3) is 0 Å². The highest BCUT2D eigenvalue weighted by atomic mass is 32.1. The molecule has 0 atom stereocenters. The molecule has 0 bridgehead atoms. The lowest BCUT2D eigenvalue weighted by molar-refractivity contribution is 0.00725. The number of piperidine rings is 1. The van der Waals surface area contributed by atoms with Crippen molar-refractivity contribution in [2.75, 3.05) is 26.7 Å². The molecule has 4 nitrogen and oxygen atoms in total. The molecule has 0 aliphatic carbocycles. The first-order chi connectivity index (χ1) is 14.0. The van der Waals surface area contributed by atoms with Crippen molar-refractivity contribution in [1.82, 2.24) is 19.4 Å². The number of thiophene rings is 1. The van der Waals surface area contributed by atoms with Crippen LogP contribution in [0.2, 0.25) is 0 Å². The molecular weight excluding hydrogens is 383 g/mol. The molecule has 0 amide bonds. The number of nitrogens with zero attached hydrogens (tertiary/aromatic N) is 4. The number of hydrogen-bond acceptors (Lipinski definition) is 4. The van der Waals surface area contributed by atoms with E-state index in [9.17, 15) is 4.39 Å². The van der Waals surface area contributed by atoms with Crippen LogP contribution in [0.4, 0.5) is 4.39 Å².